The van der Waals surface area contributed by atoms with Crippen LogP contribution >= 0.6 is 0 Å². The lowest BCUT2D eigenvalue weighted by Crippen LogP contribution is -2.17. The Morgan fingerprint density at radius 2 is 2.17 bits per heavy atom. The minimum atomic E-state index is 0.0782. The monoisotopic (exact) mass is 245 g/mol. The molecule has 1 unspecified atom stereocenters. The zero-order valence-corrected chi connectivity index (χ0v) is 10.9. The molecule has 0 aliphatic heterocycles. The molecule has 1 atom stereocenters. The molecule has 0 aliphatic carbocycles. The molecule has 1 aromatic heterocycles. The van der Waals surface area contributed by atoms with Crippen LogP contribution < -0.4 is 5.73 Å². The molecule has 2 rings (SSSR count). The number of aryl methyl sites for hydroxylation is 1. The smallest absolute Gasteiger partial charge is 0.138 e. The summed E-state index contributed by atoms with van der Waals surface area (Å²) < 4.78 is 1.82. The van der Waals surface area contributed by atoms with Crippen LogP contribution in [0.5, 0.6) is 0 Å². The van der Waals surface area contributed by atoms with Gasteiger partial charge >= 0.3 is 0 Å². The third-order valence-corrected chi connectivity index (χ3v) is 3.08. The first-order valence-electron chi connectivity index (χ1n) is 6.26. The van der Waals surface area contributed by atoms with E-state index in [1.807, 2.05) is 42.9 Å². The average Bonchev–Trinajstić information content (AvgIpc) is 2.65. The summed E-state index contributed by atoms with van der Waals surface area (Å²) in [6, 6.07) is 8.05. The van der Waals surface area contributed by atoms with Gasteiger partial charge in [-0.2, -0.15) is 5.10 Å². The van der Waals surface area contributed by atoms with Gasteiger partial charge < -0.3 is 5.73 Å². The molecule has 2 aromatic rings. The fraction of sp³-hybridized carbons (Fsp3) is 0.429. The maximum Gasteiger partial charge on any atom is 0.138 e. The molecule has 1 heterocycles. The Hall–Kier alpha value is -1.68. The minimum absolute atomic E-state index is 0.0782. The summed E-state index contributed by atoms with van der Waals surface area (Å²) in [7, 11) is 1.90. The van der Waals surface area contributed by atoms with Gasteiger partial charge in [0.15, 0.2) is 0 Å². The molecular formula is C14H19N3O. The van der Waals surface area contributed by atoms with Crippen LogP contribution in [-0.4, -0.2) is 21.6 Å². The van der Waals surface area contributed by atoms with Gasteiger partial charge in [-0.15, -0.1) is 0 Å². The third kappa shape index (κ3) is 2.76. The van der Waals surface area contributed by atoms with Gasteiger partial charge in [0.05, 0.1) is 17.6 Å². The molecule has 0 spiro atoms. The second kappa shape index (κ2) is 5.31. The molecule has 0 saturated heterocycles. The van der Waals surface area contributed by atoms with E-state index < -0.39 is 0 Å². The van der Waals surface area contributed by atoms with Crippen LogP contribution in [0, 0.1) is 0 Å². The molecule has 4 nitrogen and oxygen atoms in total. The van der Waals surface area contributed by atoms with Crippen LogP contribution in [-0.2, 0) is 18.3 Å². The number of carbonyl (C=O) groups is 1. The molecule has 0 aliphatic rings. The Kier molecular flexibility index (Phi) is 3.77. The number of hydrogen-bond acceptors (Lipinski definition) is 3. The molecule has 1 aromatic carbocycles. The summed E-state index contributed by atoms with van der Waals surface area (Å²) in [4.78, 5) is 11.9. The van der Waals surface area contributed by atoms with Crippen LogP contribution in [0.3, 0.4) is 0 Å². The van der Waals surface area contributed by atoms with Gasteiger partial charge in [0.2, 0.25) is 0 Å². The Bertz CT molecular complexity index is 557. The molecular weight excluding hydrogens is 226 g/mol. The summed E-state index contributed by atoms with van der Waals surface area (Å²) in [6.45, 7) is 1.92. The number of ketones is 1. The SMILES string of the molecule is CC(N)CCC(=O)Cc1nn(C)c2ccccc12. The lowest BCUT2D eigenvalue weighted by Gasteiger charge is -2.02. The summed E-state index contributed by atoms with van der Waals surface area (Å²) in [5, 5.41) is 5.49. The van der Waals surface area contributed by atoms with Crippen molar-refractivity contribution in [2.45, 2.75) is 32.2 Å². The van der Waals surface area contributed by atoms with E-state index >= 15 is 0 Å². The van der Waals surface area contributed by atoms with Crippen LogP contribution in [0.2, 0.25) is 0 Å². The van der Waals surface area contributed by atoms with Crippen molar-refractivity contribution in [2.75, 3.05) is 0 Å². The van der Waals surface area contributed by atoms with Gasteiger partial charge in [-0.05, 0) is 19.4 Å². The molecule has 18 heavy (non-hydrogen) atoms. The number of carbonyl (C=O) groups excluding carboxylic acids is 1. The molecule has 0 amide bonds. The zero-order valence-electron chi connectivity index (χ0n) is 10.9. The van der Waals surface area contributed by atoms with Crippen LogP contribution in [0.1, 0.15) is 25.5 Å². The maximum atomic E-state index is 11.9. The Morgan fingerprint density at radius 1 is 1.44 bits per heavy atom. The second-order valence-corrected chi connectivity index (χ2v) is 4.82. The number of Topliss-reactive ketones (excluding diaryl/α,β-unsaturated/α-hetero) is 1. The third-order valence-electron chi connectivity index (χ3n) is 3.08. The van der Waals surface area contributed by atoms with Crippen molar-refractivity contribution in [1.82, 2.24) is 9.78 Å². The number of hydrogen-bond donors (Lipinski definition) is 1. The first-order chi connectivity index (χ1) is 8.58. The van der Waals surface area contributed by atoms with Gasteiger partial charge in [0, 0.05) is 24.9 Å². The first-order valence-corrected chi connectivity index (χ1v) is 6.26. The fourth-order valence-corrected chi connectivity index (χ4v) is 2.08. The largest absolute Gasteiger partial charge is 0.328 e. The highest BCUT2D eigenvalue weighted by Crippen LogP contribution is 2.18. The number of benzene rings is 1. The number of aromatic nitrogens is 2. The molecule has 0 radical (unpaired) electrons. The second-order valence-electron chi connectivity index (χ2n) is 4.82. The molecule has 96 valence electrons. The van der Waals surface area contributed by atoms with Gasteiger partial charge in [-0.25, -0.2) is 0 Å². The van der Waals surface area contributed by atoms with Crippen molar-refractivity contribution in [3.63, 3.8) is 0 Å². The van der Waals surface area contributed by atoms with Crippen LogP contribution in [0.4, 0.5) is 0 Å². The number of nitrogens with two attached hydrogens (primary N) is 1. The molecule has 0 fully saturated rings. The van der Waals surface area contributed by atoms with E-state index in [0.29, 0.717) is 12.8 Å². The quantitative estimate of drug-likeness (QED) is 0.874. The Morgan fingerprint density at radius 3 is 2.89 bits per heavy atom. The highest BCUT2D eigenvalue weighted by molar-refractivity contribution is 5.88. The van der Waals surface area contributed by atoms with Gasteiger partial charge in [-0.3, -0.25) is 9.48 Å². The van der Waals surface area contributed by atoms with E-state index in [2.05, 4.69) is 5.10 Å². The van der Waals surface area contributed by atoms with Crippen molar-refractivity contribution in [3.05, 3.63) is 30.0 Å². The average molecular weight is 245 g/mol. The lowest BCUT2D eigenvalue weighted by atomic mass is 10.1. The number of rotatable bonds is 5. The Labute approximate surface area is 107 Å². The van der Waals surface area contributed by atoms with E-state index in [1.165, 1.54) is 0 Å². The highest BCUT2D eigenvalue weighted by atomic mass is 16.1. The van der Waals surface area contributed by atoms with Crippen LogP contribution in [0.15, 0.2) is 24.3 Å². The molecule has 0 bridgehead atoms. The van der Waals surface area contributed by atoms with E-state index in [0.717, 1.165) is 23.0 Å². The summed E-state index contributed by atoms with van der Waals surface area (Å²) in [6.07, 6.45) is 1.67. The topological polar surface area (TPSA) is 60.9 Å². The predicted molar refractivity (Wildman–Crippen MR) is 72.3 cm³/mol. The van der Waals surface area contributed by atoms with Crippen molar-refractivity contribution in [3.8, 4) is 0 Å². The number of para-hydroxylation sites is 1. The maximum absolute atomic E-state index is 11.9. The lowest BCUT2D eigenvalue weighted by molar-refractivity contribution is -0.118. The molecule has 0 saturated carbocycles. The van der Waals surface area contributed by atoms with E-state index in [9.17, 15) is 4.79 Å². The van der Waals surface area contributed by atoms with E-state index in [-0.39, 0.29) is 11.8 Å². The molecule has 4 heteroatoms. The predicted octanol–water partition coefficient (Wildman–Crippen LogP) is 1.81. The zero-order chi connectivity index (χ0) is 13.1. The fourth-order valence-electron chi connectivity index (χ4n) is 2.08. The van der Waals surface area contributed by atoms with E-state index in [1.54, 1.807) is 0 Å². The summed E-state index contributed by atoms with van der Waals surface area (Å²) >= 11 is 0. The molecule has 2 N–H and O–H groups in total. The Balaban J connectivity index is 2.14. The number of fused-ring (bicyclic) bond motifs is 1. The van der Waals surface area contributed by atoms with Gasteiger partial charge in [0.1, 0.15) is 5.78 Å². The normalized spacial score (nSPS) is 12.8. The number of nitrogens with zero attached hydrogens (tertiary/aromatic N) is 2. The minimum Gasteiger partial charge on any atom is -0.328 e. The van der Waals surface area contributed by atoms with Crippen LogP contribution in [0.25, 0.3) is 10.9 Å². The van der Waals surface area contributed by atoms with Gasteiger partial charge in [-0.1, -0.05) is 18.2 Å². The first kappa shape index (κ1) is 12.8. The van der Waals surface area contributed by atoms with E-state index in [4.69, 9.17) is 5.73 Å². The standard InChI is InChI=1S/C14H19N3O/c1-10(15)7-8-11(18)9-13-12-5-3-4-6-14(12)17(2)16-13/h3-6,10H,7-9,15H2,1-2H3. The van der Waals surface area contributed by atoms with Crippen molar-refractivity contribution < 1.29 is 4.79 Å². The summed E-state index contributed by atoms with van der Waals surface area (Å²) in [5.74, 6) is 0.205. The van der Waals surface area contributed by atoms with Gasteiger partial charge in [0.25, 0.3) is 0 Å². The summed E-state index contributed by atoms with van der Waals surface area (Å²) in [5.41, 5.74) is 7.58. The van der Waals surface area contributed by atoms with Crippen molar-refractivity contribution >= 4 is 16.7 Å². The van der Waals surface area contributed by atoms with Crippen molar-refractivity contribution in [1.29, 1.82) is 0 Å². The van der Waals surface area contributed by atoms with Crippen molar-refractivity contribution in [2.24, 2.45) is 12.8 Å². The highest BCUT2D eigenvalue weighted by Gasteiger charge is 2.12.